The molecule has 0 bridgehead atoms. The highest BCUT2D eigenvalue weighted by Crippen LogP contribution is 2.28. The molecule has 158 valence electrons. The Labute approximate surface area is 187 Å². The van der Waals surface area contributed by atoms with E-state index >= 15 is 0 Å². The molecule has 0 atom stereocenters. The number of nitrogens with zero attached hydrogens (tertiary/aromatic N) is 2. The predicted molar refractivity (Wildman–Crippen MR) is 124 cm³/mol. The summed E-state index contributed by atoms with van der Waals surface area (Å²) >= 11 is 1.38. The molecule has 3 aromatic carbocycles. The number of rotatable bonds is 6. The molecule has 1 amide bonds. The van der Waals surface area contributed by atoms with Gasteiger partial charge in [-0.3, -0.25) is 4.79 Å². The number of para-hydroxylation sites is 2. The number of aromatic nitrogens is 2. The number of aromatic amines is 1. The van der Waals surface area contributed by atoms with Gasteiger partial charge in [0.25, 0.3) is 5.91 Å². The lowest BCUT2D eigenvalue weighted by atomic mass is 10.1. The second-order valence-corrected chi connectivity index (χ2v) is 7.91. The van der Waals surface area contributed by atoms with Crippen molar-refractivity contribution in [3.8, 4) is 5.75 Å². The van der Waals surface area contributed by atoms with E-state index in [2.05, 4.69) is 20.5 Å². The molecule has 5 aromatic rings. The number of imidazole rings is 1. The molecule has 0 saturated carbocycles. The number of amides is 1. The zero-order valence-electron chi connectivity index (χ0n) is 17.0. The minimum absolute atomic E-state index is 0.368. The topological polar surface area (TPSA) is 92.5 Å². The second-order valence-electron chi connectivity index (χ2n) is 6.92. The van der Waals surface area contributed by atoms with Crippen LogP contribution in [0.4, 0.5) is 0 Å². The highest BCUT2D eigenvalue weighted by molar-refractivity contribution is 7.99. The zero-order chi connectivity index (χ0) is 21.9. The fourth-order valence-corrected chi connectivity index (χ4v) is 4.08. The van der Waals surface area contributed by atoms with Crippen LogP contribution in [0.25, 0.3) is 21.8 Å². The maximum atomic E-state index is 12.6. The predicted octanol–water partition coefficient (Wildman–Crippen LogP) is 5.23. The van der Waals surface area contributed by atoms with Gasteiger partial charge < -0.3 is 14.1 Å². The average Bonchev–Trinajstić information content (AvgIpc) is 3.44. The van der Waals surface area contributed by atoms with E-state index in [1.54, 1.807) is 12.1 Å². The number of fused-ring (bicyclic) bond motifs is 2. The summed E-state index contributed by atoms with van der Waals surface area (Å²) in [4.78, 5) is 20.4. The largest absolute Gasteiger partial charge is 0.496 e. The Balaban J connectivity index is 1.27. The minimum Gasteiger partial charge on any atom is -0.496 e. The molecule has 8 heteroatoms. The number of carbonyl (C=O) groups excluding carboxylic acids is 1. The number of ether oxygens (including phenoxy) is 1. The summed E-state index contributed by atoms with van der Waals surface area (Å²) in [5.41, 5.74) is 4.80. The van der Waals surface area contributed by atoms with Gasteiger partial charge in [-0.05, 0) is 58.9 Å². The number of nitrogens with one attached hydrogen (secondary N) is 2. The summed E-state index contributed by atoms with van der Waals surface area (Å²) in [5, 5.41) is 7.36. The minimum atomic E-state index is -0.368. The average molecular weight is 443 g/mol. The standard InChI is InChI=1S/C24H18N4O3S/c1-30-21-13-16-7-3-2-6-15(16)12-18(21)23(29)28-25-14-17-10-11-22(31-17)32-24-26-19-8-4-5-9-20(19)27-24/h2-14H,1H3,(H,26,27)(H,28,29)/b25-14-. The van der Waals surface area contributed by atoms with Gasteiger partial charge in [0.15, 0.2) is 10.2 Å². The van der Waals surface area contributed by atoms with Gasteiger partial charge in [0, 0.05) is 0 Å². The van der Waals surface area contributed by atoms with Crippen LogP contribution >= 0.6 is 11.8 Å². The molecular formula is C24H18N4O3S. The molecule has 0 fully saturated rings. The van der Waals surface area contributed by atoms with Crippen LogP contribution < -0.4 is 10.2 Å². The van der Waals surface area contributed by atoms with Gasteiger partial charge in [0.2, 0.25) is 0 Å². The van der Waals surface area contributed by atoms with E-state index in [9.17, 15) is 4.79 Å². The first-order chi connectivity index (χ1) is 15.7. The smallest absolute Gasteiger partial charge is 0.275 e. The molecule has 2 aromatic heterocycles. The number of H-pyrrole nitrogens is 1. The SMILES string of the molecule is COc1cc2ccccc2cc1C(=O)N/N=C\c1ccc(Sc2nc3ccccc3[nH]2)o1. The molecule has 0 radical (unpaired) electrons. The normalized spacial score (nSPS) is 11.4. The van der Waals surface area contributed by atoms with Crippen LogP contribution in [-0.4, -0.2) is 29.2 Å². The number of hydrazone groups is 1. The fourth-order valence-electron chi connectivity index (χ4n) is 3.31. The third-order valence-corrected chi connectivity index (χ3v) is 5.64. The Hall–Kier alpha value is -4.04. The van der Waals surface area contributed by atoms with Crippen molar-refractivity contribution in [2.24, 2.45) is 5.10 Å². The molecular weight excluding hydrogens is 424 g/mol. The van der Waals surface area contributed by atoms with E-state index in [0.29, 0.717) is 22.2 Å². The highest BCUT2D eigenvalue weighted by Gasteiger charge is 2.13. The summed E-state index contributed by atoms with van der Waals surface area (Å²) in [6, 6.07) is 22.8. The molecule has 0 spiro atoms. The third-order valence-electron chi connectivity index (χ3n) is 4.84. The van der Waals surface area contributed by atoms with E-state index in [4.69, 9.17) is 9.15 Å². The van der Waals surface area contributed by atoms with Gasteiger partial charge in [-0.15, -0.1) is 0 Å². The molecule has 5 rings (SSSR count). The second kappa shape index (κ2) is 8.60. The van der Waals surface area contributed by atoms with Crippen molar-refractivity contribution in [2.75, 3.05) is 7.11 Å². The van der Waals surface area contributed by atoms with Crippen molar-refractivity contribution < 1.29 is 13.9 Å². The van der Waals surface area contributed by atoms with E-state index < -0.39 is 0 Å². The Bertz CT molecular complexity index is 1420. The van der Waals surface area contributed by atoms with Crippen molar-refractivity contribution in [1.82, 2.24) is 15.4 Å². The molecule has 0 aliphatic carbocycles. The summed E-state index contributed by atoms with van der Waals surface area (Å²) in [7, 11) is 1.54. The van der Waals surface area contributed by atoms with Crippen molar-refractivity contribution in [2.45, 2.75) is 10.2 Å². The van der Waals surface area contributed by atoms with E-state index in [0.717, 1.165) is 27.0 Å². The summed E-state index contributed by atoms with van der Waals surface area (Å²) in [6.45, 7) is 0. The lowest BCUT2D eigenvalue weighted by Crippen LogP contribution is -2.18. The van der Waals surface area contributed by atoms with Gasteiger partial charge in [-0.2, -0.15) is 5.10 Å². The number of hydrogen-bond acceptors (Lipinski definition) is 6. The molecule has 0 saturated heterocycles. The lowest BCUT2D eigenvalue weighted by Gasteiger charge is -2.09. The molecule has 2 N–H and O–H groups in total. The Morgan fingerprint density at radius 3 is 2.69 bits per heavy atom. The van der Waals surface area contributed by atoms with Gasteiger partial charge >= 0.3 is 0 Å². The number of hydrogen-bond donors (Lipinski definition) is 2. The molecule has 0 aliphatic rings. The van der Waals surface area contributed by atoms with Crippen LogP contribution in [0.2, 0.25) is 0 Å². The molecule has 2 heterocycles. The molecule has 7 nitrogen and oxygen atoms in total. The van der Waals surface area contributed by atoms with Crippen LogP contribution in [-0.2, 0) is 0 Å². The highest BCUT2D eigenvalue weighted by atomic mass is 32.2. The Kier molecular flexibility index (Phi) is 5.35. The van der Waals surface area contributed by atoms with Crippen LogP contribution in [0.1, 0.15) is 16.1 Å². The maximum absolute atomic E-state index is 12.6. The van der Waals surface area contributed by atoms with Crippen LogP contribution in [0, 0.1) is 0 Å². The van der Waals surface area contributed by atoms with Crippen molar-refractivity contribution >= 4 is 45.7 Å². The molecule has 32 heavy (non-hydrogen) atoms. The number of methoxy groups -OCH3 is 1. The van der Waals surface area contributed by atoms with Crippen molar-refractivity contribution in [3.05, 3.63) is 84.1 Å². The summed E-state index contributed by atoms with van der Waals surface area (Å²) in [5.74, 6) is 0.626. The van der Waals surface area contributed by atoms with E-state index in [-0.39, 0.29) is 5.91 Å². The van der Waals surface area contributed by atoms with Crippen molar-refractivity contribution in [1.29, 1.82) is 0 Å². The zero-order valence-corrected chi connectivity index (χ0v) is 17.8. The Morgan fingerprint density at radius 2 is 1.88 bits per heavy atom. The monoisotopic (exact) mass is 442 g/mol. The van der Waals surface area contributed by atoms with Crippen LogP contribution in [0.15, 0.2) is 92.6 Å². The number of furan rings is 1. The summed E-state index contributed by atoms with van der Waals surface area (Å²) in [6.07, 6.45) is 1.45. The first-order valence-electron chi connectivity index (χ1n) is 9.82. The lowest BCUT2D eigenvalue weighted by molar-refractivity contribution is 0.0952. The van der Waals surface area contributed by atoms with Crippen molar-refractivity contribution in [3.63, 3.8) is 0 Å². The van der Waals surface area contributed by atoms with E-state index in [1.165, 1.54) is 25.1 Å². The van der Waals surface area contributed by atoms with Gasteiger partial charge in [0.05, 0.1) is 29.9 Å². The summed E-state index contributed by atoms with van der Waals surface area (Å²) < 4.78 is 11.1. The fraction of sp³-hybridized carbons (Fsp3) is 0.0417. The van der Waals surface area contributed by atoms with Gasteiger partial charge in [-0.1, -0.05) is 36.4 Å². The number of carbonyl (C=O) groups is 1. The maximum Gasteiger partial charge on any atom is 0.275 e. The van der Waals surface area contributed by atoms with Crippen LogP contribution in [0.3, 0.4) is 0 Å². The van der Waals surface area contributed by atoms with Gasteiger partial charge in [0.1, 0.15) is 11.5 Å². The molecule has 0 unspecified atom stereocenters. The first-order valence-corrected chi connectivity index (χ1v) is 10.6. The van der Waals surface area contributed by atoms with Gasteiger partial charge in [-0.25, -0.2) is 10.4 Å². The quantitative estimate of drug-likeness (QED) is 0.277. The van der Waals surface area contributed by atoms with E-state index in [1.807, 2.05) is 60.7 Å². The third kappa shape index (κ3) is 4.08. The number of benzene rings is 3. The molecule has 0 aliphatic heterocycles. The first kappa shape index (κ1) is 19.9. The van der Waals surface area contributed by atoms with Crippen LogP contribution in [0.5, 0.6) is 5.75 Å². The Morgan fingerprint density at radius 1 is 1.09 bits per heavy atom.